The number of nitrogens with one attached hydrogen (secondary N) is 1. The highest BCUT2D eigenvalue weighted by Gasteiger charge is 2.12. The molecule has 0 aliphatic carbocycles. The number of amides is 1. The number of nitrogens with two attached hydrogens (primary N) is 1. The number of hydrogen-bond acceptors (Lipinski definition) is 4. The molecule has 3 N–H and O–H groups in total. The van der Waals surface area contributed by atoms with Crippen molar-refractivity contribution in [2.75, 3.05) is 0 Å². The summed E-state index contributed by atoms with van der Waals surface area (Å²) < 4.78 is 22.4. The zero-order valence-electron chi connectivity index (χ0n) is 11.4. The van der Waals surface area contributed by atoms with Gasteiger partial charge in [-0.05, 0) is 47.0 Å². The molecule has 0 saturated heterocycles. The molecule has 1 atom stereocenters. The lowest BCUT2D eigenvalue weighted by Crippen LogP contribution is -2.28. The van der Waals surface area contributed by atoms with Crippen LogP contribution in [0.25, 0.3) is 0 Å². The average Bonchev–Trinajstić information content (AvgIpc) is 2.90. The third-order valence-electron chi connectivity index (χ3n) is 3.03. The van der Waals surface area contributed by atoms with E-state index in [-0.39, 0.29) is 16.8 Å². The van der Waals surface area contributed by atoms with Gasteiger partial charge in [-0.15, -0.1) is 0 Å². The van der Waals surface area contributed by atoms with Gasteiger partial charge in [0.25, 0.3) is 0 Å². The van der Waals surface area contributed by atoms with Crippen molar-refractivity contribution < 1.29 is 13.2 Å². The number of hydrogen-bond donors (Lipinski definition) is 2. The van der Waals surface area contributed by atoms with Crippen LogP contribution in [0, 0.1) is 0 Å². The summed E-state index contributed by atoms with van der Waals surface area (Å²) in [6.45, 7) is 1.84. The zero-order chi connectivity index (χ0) is 15.5. The monoisotopic (exact) mass is 324 g/mol. The van der Waals surface area contributed by atoms with Crippen molar-refractivity contribution >= 4 is 27.3 Å². The maximum Gasteiger partial charge on any atom is 0.238 e. The van der Waals surface area contributed by atoms with E-state index in [1.54, 1.807) is 23.5 Å². The molecule has 0 bridgehead atoms. The van der Waals surface area contributed by atoms with Gasteiger partial charge in [0.15, 0.2) is 0 Å². The molecule has 112 valence electrons. The minimum atomic E-state index is -3.69. The molecular weight excluding hydrogens is 308 g/mol. The van der Waals surface area contributed by atoms with Crippen molar-refractivity contribution in [2.24, 2.45) is 5.14 Å². The Morgan fingerprint density at radius 3 is 2.48 bits per heavy atom. The van der Waals surface area contributed by atoms with Gasteiger partial charge in [-0.25, -0.2) is 13.6 Å². The molecular formula is C14H16N2O3S2. The molecule has 0 fully saturated rings. The second-order valence-electron chi connectivity index (χ2n) is 4.71. The molecule has 0 spiro atoms. The molecule has 0 radical (unpaired) electrons. The molecule has 2 rings (SSSR count). The molecule has 21 heavy (non-hydrogen) atoms. The first-order valence-corrected chi connectivity index (χ1v) is 8.78. The van der Waals surface area contributed by atoms with E-state index < -0.39 is 10.0 Å². The van der Waals surface area contributed by atoms with Crippen LogP contribution in [0.3, 0.4) is 0 Å². The molecule has 0 aliphatic rings. The minimum Gasteiger partial charge on any atom is -0.349 e. The molecule has 0 aliphatic heterocycles. The minimum absolute atomic E-state index is 0.0584. The Kier molecular flexibility index (Phi) is 4.76. The van der Waals surface area contributed by atoms with Crippen molar-refractivity contribution in [1.82, 2.24) is 5.32 Å². The van der Waals surface area contributed by atoms with E-state index in [1.807, 2.05) is 23.8 Å². The number of benzene rings is 1. The highest BCUT2D eigenvalue weighted by atomic mass is 32.2. The maximum absolute atomic E-state index is 11.9. The summed E-state index contributed by atoms with van der Waals surface area (Å²) in [6, 6.07) is 7.88. The van der Waals surface area contributed by atoms with Crippen molar-refractivity contribution in [3.05, 3.63) is 52.2 Å². The van der Waals surface area contributed by atoms with Gasteiger partial charge in [0.05, 0.1) is 17.4 Å². The predicted molar refractivity (Wildman–Crippen MR) is 82.4 cm³/mol. The summed E-state index contributed by atoms with van der Waals surface area (Å²) >= 11 is 1.55. The lowest BCUT2D eigenvalue weighted by Gasteiger charge is -2.14. The van der Waals surface area contributed by atoms with E-state index in [0.717, 1.165) is 11.1 Å². The number of rotatable bonds is 5. The second-order valence-corrected chi connectivity index (χ2v) is 7.05. The van der Waals surface area contributed by atoms with Gasteiger partial charge in [0, 0.05) is 0 Å². The third-order valence-corrected chi connectivity index (χ3v) is 4.69. The van der Waals surface area contributed by atoms with Crippen molar-refractivity contribution in [3.8, 4) is 0 Å². The van der Waals surface area contributed by atoms with Crippen LogP contribution in [-0.4, -0.2) is 14.3 Å². The van der Waals surface area contributed by atoms with Gasteiger partial charge in [0.1, 0.15) is 0 Å². The average molecular weight is 324 g/mol. The van der Waals surface area contributed by atoms with Crippen LogP contribution in [0.4, 0.5) is 0 Å². The normalized spacial score (nSPS) is 12.9. The quantitative estimate of drug-likeness (QED) is 0.879. The SMILES string of the molecule is C[C@@H](NC(=O)Cc1ccsc1)c1ccc(S(N)(=O)=O)cc1. The second kappa shape index (κ2) is 6.38. The fourth-order valence-corrected chi connectivity index (χ4v) is 3.08. The molecule has 1 heterocycles. The number of primary sulfonamides is 1. The number of thiophene rings is 1. The van der Waals surface area contributed by atoms with Crippen LogP contribution in [0.2, 0.25) is 0 Å². The highest BCUT2D eigenvalue weighted by Crippen LogP contribution is 2.16. The van der Waals surface area contributed by atoms with Crippen LogP contribution in [0.1, 0.15) is 24.1 Å². The molecule has 2 aromatic rings. The number of carbonyl (C=O) groups excluding carboxylic acids is 1. The molecule has 1 aromatic carbocycles. The Labute approximate surface area is 127 Å². The summed E-state index contributed by atoms with van der Waals surface area (Å²) in [5.74, 6) is -0.0728. The maximum atomic E-state index is 11.9. The number of sulfonamides is 1. The van der Waals surface area contributed by atoms with Gasteiger partial charge < -0.3 is 5.32 Å². The molecule has 5 nitrogen and oxygen atoms in total. The van der Waals surface area contributed by atoms with Gasteiger partial charge in [-0.2, -0.15) is 11.3 Å². The molecule has 1 aromatic heterocycles. The fraction of sp³-hybridized carbons (Fsp3) is 0.214. The largest absolute Gasteiger partial charge is 0.349 e. The van der Waals surface area contributed by atoms with Gasteiger partial charge in [-0.1, -0.05) is 12.1 Å². The summed E-state index contributed by atoms with van der Waals surface area (Å²) in [4.78, 5) is 12.0. The fourth-order valence-electron chi connectivity index (χ4n) is 1.90. The summed E-state index contributed by atoms with van der Waals surface area (Å²) in [5, 5.41) is 11.8. The van der Waals surface area contributed by atoms with E-state index in [2.05, 4.69) is 5.32 Å². The Bertz CT molecular complexity index is 707. The zero-order valence-corrected chi connectivity index (χ0v) is 13.1. The third kappa shape index (κ3) is 4.38. The van der Waals surface area contributed by atoms with Crippen molar-refractivity contribution in [3.63, 3.8) is 0 Å². The lowest BCUT2D eigenvalue weighted by atomic mass is 10.1. The van der Waals surface area contributed by atoms with Crippen molar-refractivity contribution in [1.29, 1.82) is 0 Å². The lowest BCUT2D eigenvalue weighted by molar-refractivity contribution is -0.121. The first-order chi connectivity index (χ1) is 9.86. The first-order valence-electron chi connectivity index (χ1n) is 6.29. The van der Waals surface area contributed by atoms with Crippen LogP contribution in [0.15, 0.2) is 46.0 Å². The van der Waals surface area contributed by atoms with Gasteiger partial charge in [-0.3, -0.25) is 4.79 Å². The standard InChI is InChI=1S/C14H16N2O3S2/c1-10(16-14(17)8-11-6-7-20-9-11)12-2-4-13(5-3-12)21(15,18)19/h2-7,9-10H,8H2,1H3,(H,16,17)(H2,15,18,19)/t10-/m1/s1. The van der Waals surface area contributed by atoms with E-state index in [1.165, 1.54) is 12.1 Å². The van der Waals surface area contributed by atoms with Gasteiger partial charge in [0.2, 0.25) is 15.9 Å². The molecule has 0 saturated carbocycles. The van der Waals surface area contributed by atoms with E-state index in [0.29, 0.717) is 6.42 Å². The smallest absolute Gasteiger partial charge is 0.238 e. The molecule has 1 amide bonds. The summed E-state index contributed by atoms with van der Waals surface area (Å²) in [6.07, 6.45) is 0.336. The predicted octanol–water partition coefficient (Wildman–Crippen LogP) is 1.82. The van der Waals surface area contributed by atoms with Crippen LogP contribution >= 0.6 is 11.3 Å². The van der Waals surface area contributed by atoms with E-state index >= 15 is 0 Å². The summed E-state index contributed by atoms with van der Waals surface area (Å²) in [7, 11) is -3.69. The Morgan fingerprint density at radius 2 is 1.95 bits per heavy atom. The molecule has 0 unspecified atom stereocenters. The van der Waals surface area contributed by atoms with E-state index in [9.17, 15) is 13.2 Å². The Morgan fingerprint density at radius 1 is 1.29 bits per heavy atom. The Balaban J connectivity index is 2.00. The Hall–Kier alpha value is -1.70. The molecule has 7 heteroatoms. The number of carbonyl (C=O) groups is 1. The van der Waals surface area contributed by atoms with Crippen LogP contribution in [-0.2, 0) is 21.2 Å². The van der Waals surface area contributed by atoms with Crippen molar-refractivity contribution in [2.45, 2.75) is 24.3 Å². The van der Waals surface area contributed by atoms with Crippen LogP contribution < -0.4 is 10.5 Å². The first kappa shape index (κ1) is 15.7. The topological polar surface area (TPSA) is 89.3 Å². The van der Waals surface area contributed by atoms with Crippen LogP contribution in [0.5, 0.6) is 0 Å². The van der Waals surface area contributed by atoms with E-state index in [4.69, 9.17) is 5.14 Å². The van der Waals surface area contributed by atoms with Gasteiger partial charge >= 0.3 is 0 Å². The highest BCUT2D eigenvalue weighted by molar-refractivity contribution is 7.89. The summed E-state index contributed by atoms with van der Waals surface area (Å²) in [5.41, 5.74) is 1.80.